The molecule has 31 heavy (non-hydrogen) atoms. The zero-order valence-electron chi connectivity index (χ0n) is 20.6. The number of ketones is 1. The van der Waals surface area contributed by atoms with Crippen molar-refractivity contribution in [3.05, 3.63) is 11.1 Å². The predicted octanol–water partition coefficient (Wildman–Crippen LogP) is 6.99. The van der Waals surface area contributed by atoms with Crippen molar-refractivity contribution in [3.8, 4) is 0 Å². The zero-order chi connectivity index (χ0) is 22.6. The number of carbonyl (C=O) groups is 1. The third kappa shape index (κ3) is 2.53. The van der Waals surface area contributed by atoms with Gasteiger partial charge in [-0.2, -0.15) is 0 Å². The van der Waals surface area contributed by atoms with Crippen LogP contribution in [0, 0.1) is 56.7 Å². The summed E-state index contributed by atoms with van der Waals surface area (Å²) in [6.07, 6.45) is 12.0. The Morgan fingerprint density at radius 1 is 0.935 bits per heavy atom. The Morgan fingerprint density at radius 2 is 1.65 bits per heavy atom. The van der Waals surface area contributed by atoms with Crippen molar-refractivity contribution in [1.82, 2.24) is 0 Å². The minimum absolute atomic E-state index is 0.0116. The minimum atomic E-state index is -0.377. The maximum absolute atomic E-state index is 13.0. The van der Waals surface area contributed by atoms with E-state index in [9.17, 15) is 9.90 Å². The molecule has 2 nitrogen and oxygen atoms in total. The van der Waals surface area contributed by atoms with E-state index in [4.69, 9.17) is 11.6 Å². The molecule has 0 amide bonds. The first-order valence-electron chi connectivity index (χ1n) is 12.9. The Kier molecular flexibility index (Phi) is 4.80. The van der Waals surface area contributed by atoms with E-state index >= 15 is 0 Å². The molecule has 0 heterocycles. The van der Waals surface area contributed by atoms with Crippen molar-refractivity contribution < 1.29 is 9.90 Å². The number of carbonyl (C=O) groups excluding carboxylic acids is 1. The molecule has 9 atom stereocenters. The van der Waals surface area contributed by atoms with Gasteiger partial charge in [-0.3, -0.25) is 4.79 Å². The summed E-state index contributed by atoms with van der Waals surface area (Å²) in [5.41, 5.74) is 0.351. The average Bonchev–Trinajstić information content (AvgIpc) is 3.04. The van der Waals surface area contributed by atoms with Crippen molar-refractivity contribution in [3.63, 3.8) is 0 Å². The predicted molar refractivity (Wildman–Crippen MR) is 127 cm³/mol. The molecule has 4 saturated carbocycles. The van der Waals surface area contributed by atoms with Crippen LogP contribution < -0.4 is 0 Å². The summed E-state index contributed by atoms with van der Waals surface area (Å²) in [5.74, 6) is 3.20. The largest absolute Gasteiger partial charge is 0.396 e. The number of Topliss-reactive ketones (excluding diaryl/α,β-unsaturated/α-hetero) is 1. The third-order valence-electron chi connectivity index (χ3n) is 12.5. The Labute approximate surface area is 194 Å². The van der Waals surface area contributed by atoms with Gasteiger partial charge in [-0.15, -0.1) is 0 Å². The molecule has 0 spiro atoms. The van der Waals surface area contributed by atoms with Crippen molar-refractivity contribution in [1.29, 1.82) is 0 Å². The smallest absolute Gasteiger partial charge is 0.179 e. The van der Waals surface area contributed by atoms with E-state index in [2.05, 4.69) is 47.6 Å². The molecule has 0 aromatic heterocycles. The second-order valence-electron chi connectivity index (χ2n) is 13.6. The standard InChI is InChI=1S/C28H43ClO2/c1-17-9-12-28(16-30)14-13-26(5)18(22(17)28)7-8-21-25(4)15-19(29)23(31)24(2,3)20(25)10-11-27(21,26)6/h15,17-18,20-22,30H,7-14,16H2,1-6H3/t17-,18-,20+,21-,22-,25+,26-,27-,28-/m1/s1. The van der Waals surface area contributed by atoms with E-state index in [1.165, 1.54) is 44.9 Å². The molecule has 5 rings (SSSR count). The molecule has 4 fully saturated rings. The van der Waals surface area contributed by atoms with Gasteiger partial charge >= 0.3 is 0 Å². The Balaban J connectivity index is 1.59. The lowest BCUT2D eigenvalue weighted by atomic mass is 9.33. The second kappa shape index (κ2) is 6.62. The van der Waals surface area contributed by atoms with Gasteiger partial charge in [0, 0.05) is 12.0 Å². The number of aliphatic hydroxyl groups excluding tert-OH is 1. The lowest BCUT2D eigenvalue weighted by molar-refractivity contribution is -0.222. The van der Waals surface area contributed by atoms with Crippen LogP contribution in [0.1, 0.15) is 92.9 Å². The maximum atomic E-state index is 13.0. The van der Waals surface area contributed by atoms with Crippen LogP contribution in [0.25, 0.3) is 0 Å². The number of rotatable bonds is 1. The Morgan fingerprint density at radius 3 is 2.32 bits per heavy atom. The lowest BCUT2D eigenvalue weighted by Gasteiger charge is -2.71. The van der Waals surface area contributed by atoms with Gasteiger partial charge in [0.05, 0.1) is 5.03 Å². The summed E-state index contributed by atoms with van der Waals surface area (Å²) in [5, 5.41) is 11.0. The average molecular weight is 447 g/mol. The van der Waals surface area contributed by atoms with Crippen LogP contribution in [-0.4, -0.2) is 17.5 Å². The Hall–Kier alpha value is -0.340. The van der Waals surface area contributed by atoms with Gasteiger partial charge in [0.1, 0.15) is 0 Å². The van der Waals surface area contributed by atoms with Crippen LogP contribution in [0.2, 0.25) is 0 Å². The molecular weight excluding hydrogens is 404 g/mol. The highest BCUT2D eigenvalue weighted by molar-refractivity contribution is 6.43. The molecule has 3 heteroatoms. The van der Waals surface area contributed by atoms with E-state index in [-0.39, 0.29) is 27.4 Å². The van der Waals surface area contributed by atoms with Crippen LogP contribution in [-0.2, 0) is 4.79 Å². The molecule has 0 saturated heterocycles. The normalized spacial score (nSPS) is 55.5. The van der Waals surface area contributed by atoms with Crippen LogP contribution >= 0.6 is 11.6 Å². The zero-order valence-corrected chi connectivity index (χ0v) is 21.3. The summed E-state index contributed by atoms with van der Waals surface area (Å²) in [6, 6.07) is 0. The topological polar surface area (TPSA) is 37.3 Å². The van der Waals surface area contributed by atoms with Gasteiger partial charge in [0.15, 0.2) is 5.78 Å². The minimum Gasteiger partial charge on any atom is -0.396 e. The highest BCUT2D eigenvalue weighted by Crippen LogP contribution is 2.76. The number of hydrogen-bond donors (Lipinski definition) is 1. The molecular formula is C28H43ClO2. The molecule has 5 aliphatic rings. The maximum Gasteiger partial charge on any atom is 0.179 e. The molecule has 0 radical (unpaired) electrons. The number of halogens is 1. The summed E-state index contributed by atoms with van der Waals surface area (Å²) >= 11 is 6.62. The molecule has 1 N–H and O–H groups in total. The molecule has 0 aromatic carbocycles. The van der Waals surface area contributed by atoms with Crippen LogP contribution in [0.3, 0.4) is 0 Å². The molecule has 5 aliphatic carbocycles. The molecule has 0 unspecified atom stereocenters. The Bertz CT molecular complexity index is 831. The number of aliphatic hydroxyl groups is 1. The fraction of sp³-hybridized carbons (Fsp3) is 0.893. The quantitative estimate of drug-likeness (QED) is 0.471. The van der Waals surface area contributed by atoms with Gasteiger partial charge < -0.3 is 5.11 Å². The van der Waals surface area contributed by atoms with E-state index < -0.39 is 0 Å². The third-order valence-corrected chi connectivity index (χ3v) is 12.8. The first-order valence-corrected chi connectivity index (χ1v) is 13.3. The SMILES string of the molecule is C[C@@H]1CC[C@]2(CO)CC[C@]3(C)[C@H](CC[C@@H]4[C@@]5(C)C=C(Cl)C(=O)C(C)(C)[C@@H]5CC[C@]43C)[C@@H]12. The van der Waals surface area contributed by atoms with Crippen LogP contribution in [0.15, 0.2) is 11.1 Å². The van der Waals surface area contributed by atoms with Crippen molar-refractivity contribution in [2.24, 2.45) is 56.7 Å². The molecule has 0 aliphatic heterocycles. The van der Waals surface area contributed by atoms with Crippen molar-refractivity contribution in [2.75, 3.05) is 6.61 Å². The van der Waals surface area contributed by atoms with Gasteiger partial charge in [-0.05, 0) is 103 Å². The van der Waals surface area contributed by atoms with Gasteiger partial charge in [0.25, 0.3) is 0 Å². The van der Waals surface area contributed by atoms with Crippen LogP contribution in [0.4, 0.5) is 0 Å². The van der Waals surface area contributed by atoms with E-state index in [0.29, 0.717) is 40.7 Å². The van der Waals surface area contributed by atoms with Crippen LogP contribution in [0.5, 0.6) is 0 Å². The van der Waals surface area contributed by atoms with E-state index in [0.717, 1.165) is 12.3 Å². The lowest BCUT2D eigenvalue weighted by Crippen LogP contribution is -2.65. The van der Waals surface area contributed by atoms with Crippen molar-refractivity contribution >= 4 is 17.4 Å². The summed E-state index contributed by atoms with van der Waals surface area (Å²) in [7, 11) is 0. The second-order valence-corrected chi connectivity index (χ2v) is 14.0. The summed E-state index contributed by atoms with van der Waals surface area (Å²) < 4.78 is 0. The number of hydrogen-bond acceptors (Lipinski definition) is 2. The fourth-order valence-electron chi connectivity index (χ4n) is 10.8. The monoisotopic (exact) mass is 446 g/mol. The molecule has 174 valence electrons. The number of allylic oxidation sites excluding steroid dienone is 2. The summed E-state index contributed by atoms with van der Waals surface area (Å²) in [4.78, 5) is 13.0. The molecule has 0 aromatic rings. The molecule has 0 bridgehead atoms. The van der Waals surface area contributed by atoms with Gasteiger partial charge in [-0.25, -0.2) is 0 Å². The van der Waals surface area contributed by atoms with Gasteiger partial charge in [0.2, 0.25) is 0 Å². The highest BCUT2D eigenvalue weighted by Gasteiger charge is 2.70. The number of fused-ring (bicyclic) bond motifs is 7. The van der Waals surface area contributed by atoms with E-state index in [1.807, 2.05) is 0 Å². The van der Waals surface area contributed by atoms with E-state index in [1.54, 1.807) is 0 Å². The summed E-state index contributed by atoms with van der Waals surface area (Å²) in [6.45, 7) is 14.8. The fourth-order valence-corrected chi connectivity index (χ4v) is 11.3. The first-order chi connectivity index (χ1) is 14.4. The van der Waals surface area contributed by atoms with Crippen molar-refractivity contribution in [2.45, 2.75) is 92.9 Å². The first kappa shape index (κ1) is 22.5. The highest BCUT2D eigenvalue weighted by atomic mass is 35.5. The van der Waals surface area contributed by atoms with Gasteiger partial charge in [-0.1, -0.05) is 59.2 Å².